The molecule has 1 aromatic heterocycles. The average molecular weight is 444 g/mol. The number of amides is 1. The summed E-state index contributed by atoms with van der Waals surface area (Å²) in [4.78, 5) is 24.9. The van der Waals surface area contributed by atoms with Crippen LogP contribution in [0.4, 0.5) is 5.69 Å². The van der Waals surface area contributed by atoms with E-state index in [1.54, 1.807) is 19.1 Å². The quantitative estimate of drug-likeness (QED) is 0.558. The number of aromatic nitrogens is 2. The molecule has 3 rings (SSSR count). The number of nitrogens with zero attached hydrogens (tertiary/aromatic N) is 2. The second-order valence-electron chi connectivity index (χ2n) is 6.64. The van der Waals surface area contributed by atoms with Crippen molar-refractivity contribution in [1.29, 1.82) is 0 Å². The van der Waals surface area contributed by atoms with Crippen molar-refractivity contribution in [2.45, 2.75) is 33.2 Å². The number of para-hydroxylation sites is 1. The fraction of sp³-hybridized carbons (Fsp3) is 0.286. The van der Waals surface area contributed by atoms with E-state index in [0.29, 0.717) is 23.6 Å². The summed E-state index contributed by atoms with van der Waals surface area (Å²) in [5.74, 6) is -0.651. The lowest BCUT2D eigenvalue weighted by Gasteiger charge is -2.10. The molecule has 146 valence electrons. The van der Waals surface area contributed by atoms with Crippen LogP contribution < -0.4 is 5.32 Å². The van der Waals surface area contributed by atoms with Gasteiger partial charge in [0.1, 0.15) is 0 Å². The Morgan fingerprint density at radius 2 is 1.96 bits per heavy atom. The molecule has 0 aliphatic heterocycles. The third kappa shape index (κ3) is 4.25. The van der Waals surface area contributed by atoms with Gasteiger partial charge in [0.25, 0.3) is 5.91 Å². The van der Waals surface area contributed by atoms with Crippen LogP contribution in [-0.2, 0) is 16.0 Å². The zero-order chi connectivity index (χ0) is 20.3. The van der Waals surface area contributed by atoms with Gasteiger partial charge in [0.15, 0.2) is 5.69 Å². The van der Waals surface area contributed by atoms with Crippen LogP contribution in [0.3, 0.4) is 0 Å². The molecular formula is C21H22BrN3O3. The van der Waals surface area contributed by atoms with E-state index in [0.717, 1.165) is 15.4 Å². The lowest BCUT2D eigenvalue weighted by Crippen LogP contribution is -2.16. The fourth-order valence-electron chi connectivity index (χ4n) is 3.02. The van der Waals surface area contributed by atoms with E-state index < -0.39 is 0 Å². The molecule has 1 N–H and O–H groups in total. The molecule has 1 amide bonds. The molecule has 3 aromatic rings. The molecule has 0 unspecified atom stereocenters. The van der Waals surface area contributed by atoms with Gasteiger partial charge in [-0.2, -0.15) is 5.10 Å². The van der Waals surface area contributed by atoms with Crippen molar-refractivity contribution in [1.82, 2.24) is 9.78 Å². The molecule has 0 fully saturated rings. The maximum atomic E-state index is 13.0. The molecule has 0 spiro atoms. The van der Waals surface area contributed by atoms with Crippen molar-refractivity contribution in [3.63, 3.8) is 0 Å². The topological polar surface area (TPSA) is 73.2 Å². The number of hydrogen-bond donors (Lipinski definition) is 1. The van der Waals surface area contributed by atoms with Crippen molar-refractivity contribution in [3.8, 4) is 0 Å². The fourth-order valence-corrected chi connectivity index (χ4v) is 3.38. The van der Waals surface area contributed by atoms with Crippen LogP contribution in [0, 0.1) is 0 Å². The van der Waals surface area contributed by atoms with Gasteiger partial charge in [-0.3, -0.25) is 14.3 Å². The van der Waals surface area contributed by atoms with Gasteiger partial charge in [0.2, 0.25) is 0 Å². The summed E-state index contributed by atoms with van der Waals surface area (Å²) in [6.07, 6.45) is 0.0943. The monoisotopic (exact) mass is 443 g/mol. The first-order valence-corrected chi connectivity index (χ1v) is 9.92. The van der Waals surface area contributed by atoms with Crippen molar-refractivity contribution in [2.24, 2.45) is 0 Å². The van der Waals surface area contributed by atoms with Crippen molar-refractivity contribution in [2.75, 3.05) is 11.9 Å². The minimum Gasteiger partial charge on any atom is -0.466 e. The number of carbonyl (C=O) groups is 2. The smallest absolute Gasteiger partial charge is 0.310 e. The Kier molecular flexibility index (Phi) is 6.14. The second-order valence-corrected chi connectivity index (χ2v) is 7.56. The predicted octanol–water partition coefficient (Wildman–Crippen LogP) is 4.74. The number of benzene rings is 2. The van der Waals surface area contributed by atoms with E-state index in [2.05, 4.69) is 26.3 Å². The van der Waals surface area contributed by atoms with Gasteiger partial charge in [0, 0.05) is 21.6 Å². The van der Waals surface area contributed by atoms with E-state index in [9.17, 15) is 9.59 Å². The highest BCUT2D eigenvalue weighted by molar-refractivity contribution is 9.10. The number of halogens is 1. The Morgan fingerprint density at radius 3 is 2.68 bits per heavy atom. The zero-order valence-electron chi connectivity index (χ0n) is 16.0. The largest absolute Gasteiger partial charge is 0.466 e. The summed E-state index contributed by atoms with van der Waals surface area (Å²) in [7, 11) is 0. The Morgan fingerprint density at radius 1 is 1.21 bits per heavy atom. The number of anilines is 1. The molecule has 0 aliphatic carbocycles. The molecule has 1 heterocycles. The first-order chi connectivity index (χ1) is 13.4. The maximum absolute atomic E-state index is 13.0. The average Bonchev–Trinajstić information content (AvgIpc) is 3.02. The number of nitrogens with one attached hydrogen (secondary N) is 1. The van der Waals surface area contributed by atoms with Gasteiger partial charge in [-0.05, 0) is 50.6 Å². The third-order valence-electron chi connectivity index (χ3n) is 4.28. The van der Waals surface area contributed by atoms with Crippen LogP contribution in [-0.4, -0.2) is 28.3 Å². The number of esters is 1. The molecule has 28 heavy (non-hydrogen) atoms. The summed E-state index contributed by atoms with van der Waals surface area (Å²) in [6, 6.07) is 13.1. The van der Waals surface area contributed by atoms with E-state index in [-0.39, 0.29) is 24.3 Å². The molecule has 0 saturated heterocycles. The Bertz CT molecular complexity index is 1030. The lowest BCUT2D eigenvalue weighted by atomic mass is 10.1. The third-order valence-corrected chi connectivity index (χ3v) is 4.77. The van der Waals surface area contributed by atoms with Crippen LogP contribution >= 0.6 is 15.9 Å². The van der Waals surface area contributed by atoms with Crippen LogP contribution in [0.5, 0.6) is 0 Å². The maximum Gasteiger partial charge on any atom is 0.310 e. The van der Waals surface area contributed by atoms with Crippen molar-refractivity contribution >= 4 is 44.4 Å². The van der Waals surface area contributed by atoms with Gasteiger partial charge >= 0.3 is 5.97 Å². The molecule has 2 aromatic carbocycles. The number of carbonyl (C=O) groups excluding carboxylic acids is 2. The van der Waals surface area contributed by atoms with Gasteiger partial charge in [-0.1, -0.05) is 34.1 Å². The second kappa shape index (κ2) is 8.56. The normalized spacial score (nSPS) is 11.0. The summed E-state index contributed by atoms with van der Waals surface area (Å²) in [6.45, 7) is 6.12. The summed E-state index contributed by atoms with van der Waals surface area (Å²) in [5, 5.41) is 8.21. The first-order valence-electron chi connectivity index (χ1n) is 9.13. The molecule has 7 heteroatoms. The van der Waals surface area contributed by atoms with Gasteiger partial charge in [-0.15, -0.1) is 0 Å². The highest BCUT2D eigenvalue weighted by Gasteiger charge is 2.20. The van der Waals surface area contributed by atoms with E-state index in [1.807, 2.05) is 48.9 Å². The highest BCUT2D eigenvalue weighted by Crippen LogP contribution is 2.26. The van der Waals surface area contributed by atoms with Gasteiger partial charge in [-0.25, -0.2) is 0 Å². The number of hydrogen-bond acceptors (Lipinski definition) is 4. The van der Waals surface area contributed by atoms with Crippen LogP contribution in [0.15, 0.2) is 46.9 Å². The Labute approximate surface area is 172 Å². The minimum absolute atomic E-state index is 0.0943. The van der Waals surface area contributed by atoms with E-state index in [4.69, 9.17) is 4.74 Å². The number of rotatable bonds is 6. The molecule has 0 saturated carbocycles. The van der Waals surface area contributed by atoms with Gasteiger partial charge in [0.05, 0.1) is 18.5 Å². The summed E-state index contributed by atoms with van der Waals surface area (Å²) >= 11 is 3.46. The van der Waals surface area contributed by atoms with Crippen LogP contribution in [0.1, 0.15) is 42.9 Å². The number of ether oxygens (including phenoxy) is 1. The van der Waals surface area contributed by atoms with Crippen LogP contribution in [0.25, 0.3) is 10.9 Å². The molecule has 0 radical (unpaired) electrons. The first kappa shape index (κ1) is 20.1. The standard InChI is InChI=1S/C21H22BrN3O3/c1-4-28-19(26)11-14-7-5-6-8-17(14)23-21(27)20-16-12-15(22)9-10-18(16)25(24-20)13(2)3/h5-10,12-13H,4,11H2,1-3H3,(H,23,27). The Hall–Kier alpha value is -2.67. The minimum atomic E-state index is -0.331. The highest BCUT2D eigenvalue weighted by atomic mass is 79.9. The van der Waals surface area contributed by atoms with Crippen molar-refractivity contribution < 1.29 is 14.3 Å². The predicted molar refractivity (Wildman–Crippen MR) is 113 cm³/mol. The SMILES string of the molecule is CCOC(=O)Cc1ccccc1NC(=O)c1nn(C(C)C)c2ccc(Br)cc12. The Balaban J connectivity index is 1.94. The molecule has 0 bridgehead atoms. The van der Waals surface area contributed by atoms with Crippen molar-refractivity contribution in [3.05, 3.63) is 58.2 Å². The van der Waals surface area contributed by atoms with Crippen LogP contribution in [0.2, 0.25) is 0 Å². The molecule has 0 aliphatic rings. The lowest BCUT2D eigenvalue weighted by molar-refractivity contribution is -0.142. The summed E-state index contributed by atoms with van der Waals surface area (Å²) < 4.78 is 7.73. The molecule has 0 atom stereocenters. The molecule has 6 nitrogen and oxygen atoms in total. The van der Waals surface area contributed by atoms with E-state index >= 15 is 0 Å². The number of fused-ring (bicyclic) bond motifs is 1. The molecular weight excluding hydrogens is 422 g/mol. The summed E-state index contributed by atoms with van der Waals surface area (Å²) in [5.41, 5.74) is 2.50. The van der Waals surface area contributed by atoms with Gasteiger partial charge < -0.3 is 10.1 Å². The zero-order valence-corrected chi connectivity index (χ0v) is 17.6. The van der Waals surface area contributed by atoms with E-state index in [1.165, 1.54) is 0 Å².